The predicted octanol–water partition coefficient (Wildman–Crippen LogP) is 3.08. The number of anilines is 2. The van der Waals surface area contributed by atoms with Crippen LogP contribution < -0.4 is 10.1 Å². The van der Waals surface area contributed by atoms with Gasteiger partial charge in [0.15, 0.2) is 5.65 Å². The molecule has 0 bridgehead atoms. The van der Waals surface area contributed by atoms with Crippen molar-refractivity contribution in [1.29, 1.82) is 0 Å². The molecule has 0 unspecified atom stereocenters. The van der Waals surface area contributed by atoms with Crippen molar-refractivity contribution in [2.24, 2.45) is 0 Å². The molecule has 9 heteroatoms. The third kappa shape index (κ3) is 4.47. The minimum absolute atomic E-state index is 0.430. The highest BCUT2D eigenvalue weighted by Gasteiger charge is 2.21. The van der Waals surface area contributed by atoms with Crippen LogP contribution in [0.1, 0.15) is 49.4 Å². The first kappa shape index (κ1) is 21.5. The summed E-state index contributed by atoms with van der Waals surface area (Å²) in [7, 11) is 4.78. The van der Waals surface area contributed by atoms with Gasteiger partial charge in [-0.2, -0.15) is 10.1 Å². The summed E-state index contributed by atoms with van der Waals surface area (Å²) in [6, 6.07) is 2.54. The lowest BCUT2D eigenvalue weighted by Crippen LogP contribution is -2.27. The van der Waals surface area contributed by atoms with E-state index in [1.807, 2.05) is 12.4 Å². The van der Waals surface area contributed by atoms with E-state index in [4.69, 9.17) is 19.8 Å². The second kappa shape index (κ2) is 9.57. The molecular weight excluding hydrogens is 394 g/mol. The molecule has 9 nitrogen and oxygen atoms in total. The van der Waals surface area contributed by atoms with E-state index in [9.17, 15) is 0 Å². The topological polar surface area (TPSA) is 101 Å². The fraction of sp³-hybridized carbons (Fsp3) is 0.545. The van der Waals surface area contributed by atoms with Crippen LogP contribution in [0.4, 0.5) is 11.6 Å². The number of aliphatic hydroxyl groups is 1. The van der Waals surface area contributed by atoms with E-state index in [0.717, 1.165) is 49.0 Å². The Morgan fingerprint density at radius 1 is 1.13 bits per heavy atom. The van der Waals surface area contributed by atoms with Gasteiger partial charge in [0.25, 0.3) is 0 Å². The van der Waals surface area contributed by atoms with Gasteiger partial charge in [-0.3, -0.25) is 0 Å². The summed E-state index contributed by atoms with van der Waals surface area (Å²) in [4.78, 5) is 16.3. The highest BCUT2D eigenvalue weighted by molar-refractivity contribution is 5.75. The molecule has 1 fully saturated rings. The Hall–Kier alpha value is -2.78. The maximum atomic E-state index is 7.00. The van der Waals surface area contributed by atoms with E-state index in [0.29, 0.717) is 17.9 Å². The van der Waals surface area contributed by atoms with Crippen molar-refractivity contribution in [3.63, 3.8) is 0 Å². The van der Waals surface area contributed by atoms with Crippen LogP contribution in [-0.4, -0.2) is 62.6 Å². The third-order valence-electron chi connectivity index (χ3n) is 6.02. The molecule has 0 saturated heterocycles. The molecule has 2 aliphatic rings. The number of fused-ring (bicyclic) bond motifs is 2. The quantitative estimate of drug-likeness (QED) is 0.658. The molecule has 5 rings (SSSR count). The number of methoxy groups -OCH3 is 1. The van der Waals surface area contributed by atoms with Gasteiger partial charge in [-0.15, -0.1) is 0 Å². The number of hydrogen-bond donors (Lipinski definition) is 2. The van der Waals surface area contributed by atoms with Crippen LogP contribution in [0.15, 0.2) is 18.5 Å². The molecule has 0 aromatic carbocycles. The lowest BCUT2D eigenvalue weighted by Gasteiger charge is -2.25. The van der Waals surface area contributed by atoms with Gasteiger partial charge in [-0.25, -0.2) is 14.6 Å². The Bertz CT molecular complexity index is 1030. The first-order valence-electron chi connectivity index (χ1n) is 10.9. The average molecular weight is 426 g/mol. The van der Waals surface area contributed by atoms with E-state index >= 15 is 0 Å². The summed E-state index contributed by atoms with van der Waals surface area (Å²) in [6.07, 6.45) is 10.8. The van der Waals surface area contributed by atoms with E-state index < -0.39 is 0 Å². The summed E-state index contributed by atoms with van der Waals surface area (Å²) < 4.78 is 7.62. The van der Waals surface area contributed by atoms with Crippen LogP contribution in [0.3, 0.4) is 0 Å². The molecule has 3 aromatic rings. The molecular formula is C22H31N7O2. The normalized spacial score (nSPS) is 17.0. The highest BCUT2D eigenvalue weighted by Crippen LogP contribution is 2.32. The van der Waals surface area contributed by atoms with E-state index in [1.54, 1.807) is 7.11 Å². The highest BCUT2D eigenvalue weighted by atomic mass is 16.5. The molecule has 3 aromatic heterocycles. The van der Waals surface area contributed by atoms with Crippen LogP contribution in [0, 0.1) is 0 Å². The van der Waals surface area contributed by atoms with Crippen LogP contribution in [0.2, 0.25) is 0 Å². The van der Waals surface area contributed by atoms with E-state index in [1.165, 1.54) is 37.7 Å². The number of likely N-dealkylation sites (N-methyl/N-ethyl adjacent to an activating group) is 1. The molecule has 166 valence electrons. The zero-order chi connectivity index (χ0) is 21.8. The molecule has 31 heavy (non-hydrogen) atoms. The predicted molar refractivity (Wildman–Crippen MR) is 120 cm³/mol. The first-order chi connectivity index (χ1) is 15.2. The molecule has 4 heterocycles. The van der Waals surface area contributed by atoms with Gasteiger partial charge in [0.1, 0.15) is 5.69 Å². The zero-order valence-corrected chi connectivity index (χ0v) is 18.5. The maximum absolute atomic E-state index is 7.00. The van der Waals surface area contributed by atoms with Gasteiger partial charge in [-0.05, 0) is 31.5 Å². The molecule has 1 aliphatic heterocycles. The number of pyridine rings is 1. The van der Waals surface area contributed by atoms with Crippen molar-refractivity contribution in [1.82, 2.24) is 29.6 Å². The first-order valence-corrected chi connectivity index (χ1v) is 10.9. The zero-order valence-electron chi connectivity index (χ0n) is 18.5. The standard InChI is InChI=1S/C21H27N7O.CH4O/c1-27-9-8-17-14(13-27)10-18(20(24-17)29-2)25-21-22-11-15-12-23-28(19(15)26-21)16-6-4-3-5-7-16;1-2/h10-12,16H,3-9,13H2,1-2H3,(H,22,25,26);2H,1H3. The third-order valence-corrected chi connectivity index (χ3v) is 6.02. The number of aromatic nitrogens is 5. The number of aliphatic hydroxyl groups excluding tert-OH is 1. The Balaban J connectivity index is 0.00000112. The average Bonchev–Trinajstić information content (AvgIpc) is 3.24. The largest absolute Gasteiger partial charge is 0.480 e. The van der Waals surface area contributed by atoms with Crippen molar-refractivity contribution >= 4 is 22.7 Å². The lowest BCUT2D eigenvalue weighted by atomic mass is 9.96. The molecule has 1 aliphatic carbocycles. The van der Waals surface area contributed by atoms with Crippen molar-refractivity contribution < 1.29 is 9.84 Å². The van der Waals surface area contributed by atoms with Gasteiger partial charge >= 0.3 is 0 Å². The monoisotopic (exact) mass is 425 g/mol. The van der Waals surface area contributed by atoms with Crippen LogP contribution in [0.5, 0.6) is 5.88 Å². The lowest BCUT2D eigenvalue weighted by molar-refractivity contribution is 0.307. The summed E-state index contributed by atoms with van der Waals surface area (Å²) >= 11 is 0. The number of nitrogens with one attached hydrogen (secondary N) is 1. The van der Waals surface area contributed by atoms with Crippen molar-refractivity contribution in [3.05, 3.63) is 29.7 Å². The van der Waals surface area contributed by atoms with Gasteiger partial charge in [0.2, 0.25) is 11.8 Å². The Labute approximate surface area is 182 Å². The summed E-state index contributed by atoms with van der Waals surface area (Å²) in [5.41, 5.74) is 4.01. The van der Waals surface area contributed by atoms with Gasteiger partial charge in [-0.1, -0.05) is 19.3 Å². The van der Waals surface area contributed by atoms with Crippen molar-refractivity contribution in [2.45, 2.75) is 51.1 Å². The van der Waals surface area contributed by atoms with Gasteiger partial charge in [0.05, 0.1) is 30.4 Å². The van der Waals surface area contributed by atoms with Crippen molar-refractivity contribution in [3.8, 4) is 5.88 Å². The SMILES string of the molecule is CO.COc1nc2c(cc1Nc1ncc3cnn(C4CCCCC4)c3n1)CN(C)CC2. The molecule has 0 amide bonds. The van der Waals surface area contributed by atoms with Gasteiger partial charge < -0.3 is 20.1 Å². The Morgan fingerprint density at radius 3 is 2.71 bits per heavy atom. The molecule has 2 N–H and O–H groups in total. The Kier molecular flexibility index (Phi) is 6.62. The van der Waals surface area contributed by atoms with Crippen LogP contribution in [-0.2, 0) is 13.0 Å². The number of rotatable bonds is 4. The molecule has 0 spiro atoms. The summed E-state index contributed by atoms with van der Waals surface area (Å²) in [5.74, 6) is 1.12. The number of ether oxygens (including phenoxy) is 1. The van der Waals surface area contributed by atoms with Crippen LogP contribution in [0.25, 0.3) is 11.0 Å². The molecule has 1 saturated carbocycles. The summed E-state index contributed by atoms with van der Waals surface area (Å²) in [5, 5.41) is 15.9. The molecule has 0 atom stereocenters. The van der Waals surface area contributed by atoms with E-state index in [2.05, 4.69) is 38.1 Å². The number of nitrogens with zero attached hydrogens (tertiary/aromatic N) is 6. The summed E-state index contributed by atoms with van der Waals surface area (Å²) in [6.45, 7) is 1.90. The van der Waals surface area contributed by atoms with Crippen molar-refractivity contribution in [2.75, 3.05) is 33.1 Å². The number of hydrogen-bond acceptors (Lipinski definition) is 8. The Morgan fingerprint density at radius 2 is 1.94 bits per heavy atom. The molecule has 0 radical (unpaired) electrons. The minimum Gasteiger partial charge on any atom is -0.480 e. The van der Waals surface area contributed by atoms with E-state index in [-0.39, 0.29) is 0 Å². The maximum Gasteiger partial charge on any atom is 0.237 e. The van der Waals surface area contributed by atoms with Gasteiger partial charge in [0, 0.05) is 32.8 Å². The minimum atomic E-state index is 0.430. The second-order valence-corrected chi connectivity index (χ2v) is 8.12. The van der Waals surface area contributed by atoms with Crippen LogP contribution >= 0.6 is 0 Å². The fourth-order valence-corrected chi connectivity index (χ4v) is 4.45. The smallest absolute Gasteiger partial charge is 0.237 e. The fourth-order valence-electron chi connectivity index (χ4n) is 4.45. The second-order valence-electron chi connectivity index (χ2n) is 8.12.